The fourth-order valence-electron chi connectivity index (χ4n) is 1.31. The van der Waals surface area contributed by atoms with Crippen LogP contribution in [0.25, 0.3) is 0 Å². The van der Waals surface area contributed by atoms with Gasteiger partial charge in [-0.2, -0.15) is 0 Å². The zero-order valence-electron chi connectivity index (χ0n) is 8.96. The van der Waals surface area contributed by atoms with Gasteiger partial charge in [0.2, 0.25) is 0 Å². The van der Waals surface area contributed by atoms with E-state index >= 15 is 0 Å². The van der Waals surface area contributed by atoms with Crippen LogP contribution >= 0.6 is 23.1 Å². The van der Waals surface area contributed by atoms with Crippen LogP contribution in [0.3, 0.4) is 0 Å². The van der Waals surface area contributed by atoms with Gasteiger partial charge in [-0.25, -0.2) is 4.98 Å². The molecule has 16 heavy (non-hydrogen) atoms. The molecule has 4 heteroatoms. The predicted octanol–water partition coefficient (Wildman–Crippen LogP) is 3.49. The summed E-state index contributed by atoms with van der Waals surface area (Å²) in [6.07, 6.45) is -0.391. The number of hydrogen-bond donors (Lipinski definition) is 1. The van der Waals surface area contributed by atoms with Gasteiger partial charge in [-0.05, 0) is 24.6 Å². The van der Waals surface area contributed by atoms with Crippen LogP contribution in [-0.2, 0) is 5.75 Å². The van der Waals surface area contributed by atoms with Crippen molar-refractivity contribution in [3.05, 3.63) is 46.4 Å². The van der Waals surface area contributed by atoms with Crippen LogP contribution in [0.2, 0.25) is 0 Å². The first-order chi connectivity index (χ1) is 7.75. The summed E-state index contributed by atoms with van der Waals surface area (Å²) in [5.41, 5.74) is 3.93. The van der Waals surface area contributed by atoms with Gasteiger partial charge in [-0.15, -0.1) is 23.1 Å². The Hall–Kier alpha value is -0.840. The van der Waals surface area contributed by atoms with Crippen molar-refractivity contribution in [3.8, 4) is 0 Å². The summed E-state index contributed by atoms with van der Waals surface area (Å²) in [5.74, 6) is 0.900. The van der Waals surface area contributed by atoms with E-state index in [1.54, 1.807) is 30.0 Å². The Morgan fingerprint density at radius 2 is 2.12 bits per heavy atom. The average molecular weight is 251 g/mol. The predicted molar refractivity (Wildman–Crippen MR) is 68.8 cm³/mol. The Morgan fingerprint density at radius 3 is 2.69 bits per heavy atom. The number of rotatable bonds is 4. The molecule has 1 aromatic heterocycles. The minimum absolute atomic E-state index is 0.391. The molecule has 1 aromatic carbocycles. The molecule has 0 saturated heterocycles. The quantitative estimate of drug-likeness (QED) is 0.844. The summed E-state index contributed by atoms with van der Waals surface area (Å²) in [6.45, 7) is 1.78. The lowest BCUT2D eigenvalue weighted by Gasteiger charge is -2.05. The van der Waals surface area contributed by atoms with E-state index in [1.165, 1.54) is 4.90 Å². The first-order valence-corrected chi connectivity index (χ1v) is 6.96. The largest absolute Gasteiger partial charge is 0.389 e. The van der Waals surface area contributed by atoms with Crippen LogP contribution in [0.4, 0.5) is 0 Å². The molecular formula is C12H13NOS2. The molecule has 1 heterocycles. The highest BCUT2D eigenvalue weighted by Gasteiger charge is 2.01. The molecule has 0 aliphatic rings. The number of aromatic nitrogens is 1. The van der Waals surface area contributed by atoms with E-state index in [2.05, 4.69) is 10.4 Å². The maximum absolute atomic E-state index is 9.38. The standard InChI is InChI=1S/C12H13NOS2/c1-9(14)10-2-4-12(5-3-10)16-7-11-6-15-8-13-11/h2-6,8-9,14H,7H2,1H3. The lowest BCUT2D eigenvalue weighted by atomic mass is 10.1. The Morgan fingerprint density at radius 1 is 1.38 bits per heavy atom. The van der Waals surface area contributed by atoms with Gasteiger partial charge in [-0.1, -0.05) is 12.1 Å². The van der Waals surface area contributed by atoms with E-state index in [1.807, 2.05) is 29.8 Å². The van der Waals surface area contributed by atoms with E-state index in [-0.39, 0.29) is 0 Å². The van der Waals surface area contributed by atoms with Gasteiger partial charge in [0.25, 0.3) is 0 Å². The van der Waals surface area contributed by atoms with Crippen molar-refractivity contribution in [2.24, 2.45) is 0 Å². The maximum Gasteiger partial charge on any atom is 0.0795 e. The van der Waals surface area contributed by atoms with Gasteiger partial charge < -0.3 is 5.11 Å². The lowest BCUT2D eigenvalue weighted by Crippen LogP contribution is -1.89. The lowest BCUT2D eigenvalue weighted by molar-refractivity contribution is 0.199. The molecule has 1 unspecified atom stereocenters. The monoisotopic (exact) mass is 251 g/mol. The van der Waals surface area contributed by atoms with Crippen LogP contribution in [0.15, 0.2) is 40.1 Å². The highest BCUT2D eigenvalue weighted by atomic mass is 32.2. The molecule has 0 radical (unpaired) electrons. The Kier molecular flexibility index (Phi) is 3.98. The number of thioether (sulfide) groups is 1. The fourth-order valence-corrected chi connectivity index (χ4v) is 2.77. The Bertz CT molecular complexity index is 423. The fraction of sp³-hybridized carbons (Fsp3) is 0.250. The number of aliphatic hydroxyl groups excluding tert-OH is 1. The first kappa shape index (κ1) is 11.6. The van der Waals surface area contributed by atoms with Crippen molar-refractivity contribution >= 4 is 23.1 Å². The highest BCUT2D eigenvalue weighted by molar-refractivity contribution is 7.98. The molecule has 84 valence electrons. The summed E-state index contributed by atoms with van der Waals surface area (Å²) in [4.78, 5) is 5.44. The molecule has 1 atom stereocenters. The normalized spacial score (nSPS) is 12.6. The summed E-state index contributed by atoms with van der Waals surface area (Å²) in [6, 6.07) is 8.01. The molecule has 0 fully saturated rings. The van der Waals surface area contributed by atoms with Crippen LogP contribution in [-0.4, -0.2) is 10.1 Å². The number of aliphatic hydroxyl groups is 1. The van der Waals surface area contributed by atoms with E-state index in [9.17, 15) is 5.11 Å². The number of benzene rings is 1. The van der Waals surface area contributed by atoms with Crippen molar-refractivity contribution in [3.63, 3.8) is 0 Å². The summed E-state index contributed by atoms with van der Waals surface area (Å²) in [5, 5.41) is 11.4. The highest BCUT2D eigenvalue weighted by Crippen LogP contribution is 2.24. The van der Waals surface area contributed by atoms with Crippen molar-refractivity contribution in [2.75, 3.05) is 0 Å². The second-order valence-corrected chi connectivity index (χ2v) is 5.28. The van der Waals surface area contributed by atoms with E-state index in [0.29, 0.717) is 0 Å². The van der Waals surface area contributed by atoms with Crippen LogP contribution in [0, 0.1) is 0 Å². The maximum atomic E-state index is 9.38. The molecule has 0 amide bonds. The number of nitrogens with zero attached hydrogens (tertiary/aromatic N) is 1. The molecule has 1 N–H and O–H groups in total. The zero-order chi connectivity index (χ0) is 11.4. The number of thiazole rings is 1. The third-order valence-electron chi connectivity index (χ3n) is 2.23. The Labute approximate surface area is 103 Å². The van der Waals surface area contributed by atoms with Crippen molar-refractivity contribution in [1.29, 1.82) is 0 Å². The third kappa shape index (κ3) is 3.07. The van der Waals surface area contributed by atoms with E-state index in [0.717, 1.165) is 17.0 Å². The molecule has 2 aromatic rings. The van der Waals surface area contributed by atoms with Gasteiger partial charge in [0, 0.05) is 16.0 Å². The van der Waals surface area contributed by atoms with Crippen LogP contribution in [0.5, 0.6) is 0 Å². The molecule has 0 aliphatic carbocycles. The molecular weight excluding hydrogens is 238 g/mol. The third-order valence-corrected chi connectivity index (χ3v) is 3.91. The minimum Gasteiger partial charge on any atom is -0.389 e. The molecule has 2 rings (SSSR count). The van der Waals surface area contributed by atoms with Crippen molar-refractivity contribution in [1.82, 2.24) is 4.98 Å². The second kappa shape index (κ2) is 5.48. The van der Waals surface area contributed by atoms with Gasteiger partial charge >= 0.3 is 0 Å². The number of hydrogen-bond acceptors (Lipinski definition) is 4. The van der Waals surface area contributed by atoms with Gasteiger partial charge in [0.1, 0.15) is 0 Å². The topological polar surface area (TPSA) is 33.1 Å². The minimum atomic E-state index is -0.391. The van der Waals surface area contributed by atoms with Crippen molar-refractivity contribution in [2.45, 2.75) is 23.7 Å². The smallest absolute Gasteiger partial charge is 0.0795 e. The Balaban J connectivity index is 1.95. The van der Waals surface area contributed by atoms with Crippen molar-refractivity contribution < 1.29 is 5.11 Å². The molecule has 0 bridgehead atoms. The second-order valence-electron chi connectivity index (χ2n) is 3.51. The summed E-state index contributed by atoms with van der Waals surface area (Å²) >= 11 is 3.38. The molecule has 0 spiro atoms. The SMILES string of the molecule is CC(O)c1ccc(SCc2cscn2)cc1. The molecule has 0 saturated carbocycles. The first-order valence-electron chi connectivity index (χ1n) is 5.03. The van der Waals surface area contributed by atoms with Gasteiger partial charge in [-0.3, -0.25) is 0 Å². The average Bonchev–Trinajstić information content (AvgIpc) is 2.80. The summed E-state index contributed by atoms with van der Waals surface area (Å²) < 4.78 is 0. The van der Waals surface area contributed by atoms with E-state index < -0.39 is 6.10 Å². The molecule has 0 aliphatic heterocycles. The van der Waals surface area contributed by atoms with Gasteiger partial charge in [0.15, 0.2) is 0 Å². The van der Waals surface area contributed by atoms with Gasteiger partial charge in [0.05, 0.1) is 17.3 Å². The summed E-state index contributed by atoms with van der Waals surface area (Å²) in [7, 11) is 0. The van der Waals surface area contributed by atoms with E-state index in [4.69, 9.17) is 0 Å². The van der Waals surface area contributed by atoms with Crippen LogP contribution in [0.1, 0.15) is 24.3 Å². The molecule has 2 nitrogen and oxygen atoms in total. The van der Waals surface area contributed by atoms with Crippen LogP contribution < -0.4 is 0 Å². The zero-order valence-corrected chi connectivity index (χ0v) is 10.6.